The van der Waals surface area contributed by atoms with Crippen LogP contribution < -0.4 is 11.1 Å². The van der Waals surface area contributed by atoms with Crippen molar-refractivity contribution in [3.63, 3.8) is 0 Å². The Bertz CT molecular complexity index is 401. The van der Waals surface area contributed by atoms with Crippen LogP contribution in [0.3, 0.4) is 0 Å². The molecule has 3 N–H and O–H groups in total. The topological polar surface area (TPSA) is 58.4 Å². The maximum absolute atomic E-state index is 12.1. The first-order valence-electron chi connectivity index (χ1n) is 7.53. The number of hydrogen-bond donors (Lipinski definition) is 2. The zero-order valence-electron chi connectivity index (χ0n) is 12.1. The lowest BCUT2D eigenvalue weighted by Crippen LogP contribution is -2.42. The van der Waals surface area contributed by atoms with Gasteiger partial charge in [-0.2, -0.15) is 0 Å². The zero-order chi connectivity index (χ0) is 14.2. The van der Waals surface area contributed by atoms with Crippen molar-refractivity contribution in [1.29, 1.82) is 0 Å². The van der Waals surface area contributed by atoms with Gasteiger partial charge in [0.15, 0.2) is 0 Å². The van der Waals surface area contributed by atoms with Crippen LogP contribution in [-0.4, -0.2) is 36.5 Å². The van der Waals surface area contributed by atoms with Crippen LogP contribution >= 0.6 is 0 Å². The van der Waals surface area contributed by atoms with E-state index in [0.29, 0.717) is 19.1 Å². The van der Waals surface area contributed by atoms with E-state index >= 15 is 0 Å². The van der Waals surface area contributed by atoms with Crippen LogP contribution in [0.15, 0.2) is 30.3 Å². The first-order valence-corrected chi connectivity index (χ1v) is 7.53. The predicted molar refractivity (Wildman–Crippen MR) is 81.2 cm³/mol. The number of nitrogens with two attached hydrogens (primary N) is 1. The van der Waals surface area contributed by atoms with Gasteiger partial charge in [0.1, 0.15) is 0 Å². The molecule has 1 aromatic rings. The molecule has 4 nitrogen and oxygen atoms in total. The Labute approximate surface area is 121 Å². The van der Waals surface area contributed by atoms with E-state index in [9.17, 15) is 4.79 Å². The summed E-state index contributed by atoms with van der Waals surface area (Å²) in [5.41, 5.74) is 6.87. The quantitative estimate of drug-likeness (QED) is 0.793. The lowest BCUT2D eigenvalue weighted by Gasteiger charge is -2.22. The van der Waals surface area contributed by atoms with Crippen molar-refractivity contribution in [3.05, 3.63) is 35.9 Å². The Morgan fingerprint density at radius 3 is 2.60 bits per heavy atom. The summed E-state index contributed by atoms with van der Waals surface area (Å²) in [7, 11) is 0. The van der Waals surface area contributed by atoms with E-state index in [1.807, 2.05) is 18.2 Å². The van der Waals surface area contributed by atoms with Gasteiger partial charge in [-0.05, 0) is 18.4 Å². The van der Waals surface area contributed by atoms with Crippen LogP contribution in [0.5, 0.6) is 0 Å². The van der Waals surface area contributed by atoms with E-state index in [4.69, 9.17) is 5.73 Å². The number of carbonyl (C=O) groups is 1. The molecule has 1 aliphatic rings. The second-order valence-corrected chi connectivity index (χ2v) is 5.53. The molecular formula is C16H25N3O. The van der Waals surface area contributed by atoms with Crippen LogP contribution in [0.2, 0.25) is 0 Å². The molecule has 0 aromatic heterocycles. The molecule has 20 heavy (non-hydrogen) atoms. The minimum Gasteiger partial charge on any atom is -0.352 e. The molecule has 4 heteroatoms. The maximum atomic E-state index is 12.1. The highest BCUT2D eigenvalue weighted by atomic mass is 16.2. The number of carbonyl (C=O) groups excluding carboxylic acids is 1. The molecule has 0 atom stereocenters. The van der Waals surface area contributed by atoms with E-state index in [0.717, 1.165) is 25.9 Å². The molecule has 0 unspecified atom stereocenters. The second-order valence-electron chi connectivity index (χ2n) is 5.53. The van der Waals surface area contributed by atoms with Crippen LogP contribution in [0.1, 0.15) is 31.2 Å². The van der Waals surface area contributed by atoms with Gasteiger partial charge in [-0.1, -0.05) is 43.2 Å². The van der Waals surface area contributed by atoms with Crippen LogP contribution in [0.4, 0.5) is 0 Å². The number of benzene rings is 1. The van der Waals surface area contributed by atoms with Gasteiger partial charge < -0.3 is 11.1 Å². The minimum atomic E-state index is 0.126. The Kier molecular flexibility index (Phi) is 6.02. The average Bonchev–Trinajstić information content (AvgIpc) is 2.93. The number of amides is 1. The fourth-order valence-corrected chi connectivity index (χ4v) is 2.78. The predicted octanol–water partition coefficient (Wildman–Crippen LogP) is 1.51. The first-order chi connectivity index (χ1) is 9.78. The highest BCUT2D eigenvalue weighted by molar-refractivity contribution is 5.78. The summed E-state index contributed by atoms with van der Waals surface area (Å²) in [6.45, 7) is 2.52. The number of rotatable bonds is 7. The summed E-state index contributed by atoms with van der Waals surface area (Å²) >= 11 is 0. The maximum Gasteiger partial charge on any atom is 0.234 e. The summed E-state index contributed by atoms with van der Waals surface area (Å²) in [6, 6.07) is 10.6. The smallest absolute Gasteiger partial charge is 0.234 e. The Morgan fingerprint density at radius 1 is 1.25 bits per heavy atom. The van der Waals surface area contributed by atoms with Crippen molar-refractivity contribution in [1.82, 2.24) is 10.2 Å². The van der Waals surface area contributed by atoms with Crippen molar-refractivity contribution in [3.8, 4) is 0 Å². The van der Waals surface area contributed by atoms with E-state index in [-0.39, 0.29) is 5.91 Å². The van der Waals surface area contributed by atoms with Gasteiger partial charge in [0.05, 0.1) is 6.54 Å². The number of nitrogens with one attached hydrogen (secondary N) is 1. The summed E-state index contributed by atoms with van der Waals surface area (Å²) in [5, 5.41) is 3.13. The molecule has 1 aliphatic carbocycles. The normalized spacial score (nSPS) is 15.7. The Morgan fingerprint density at radius 2 is 1.95 bits per heavy atom. The lowest BCUT2D eigenvalue weighted by atomic mass is 10.2. The molecule has 2 rings (SSSR count). The van der Waals surface area contributed by atoms with E-state index in [1.54, 1.807) is 0 Å². The molecule has 1 saturated carbocycles. The van der Waals surface area contributed by atoms with Crippen molar-refractivity contribution in [2.24, 2.45) is 5.73 Å². The molecule has 110 valence electrons. The van der Waals surface area contributed by atoms with Gasteiger partial charge in [-0.15, -0.1) is 0 Å². The standard InChI is InChI=1S/C16H25N3O/c17-10-11-19(12-14-6-2-1-3-7-14)13-16(20)18-15-8-4-5-9-15/h1-3,6-7,15H,4-5,8-13,17H2,(H,18,20). The third kappa shape index (κ3) is 4.94. The highest BCUT2D eigenvalue weighted by Gasteiger charge is 2.18. The summed E-state index contributed by atoms with van der Waals surface area (Å²) < 4.78 is 0. The van der Waals surface area contributed by atoms with Crippen molar-refractivity contribution in [2.45, 2.75) is 38.3 Å². The van der Waals surface area contributed by atoms with Gasteiger partial charge in [0.25, 0.3) is 0 Å². The minimum absolute atomic E-state index is 0.126. The fourth-order valence-electron chi connectivity index (χ4n) is 2.78. The molecule has 1 aromatic carbocycles. The monoisotopic (exact) mass is 275 g/mol. The van der Waals surface area contributed by atoms with Crippen LogP contribution in [0, 0.1) is 0 Å². The fraction of sp³-hybridized carbons (Fsp3) is 0.562. The molecule has 0 heterocycles. The molecule has 0 aliphatic heterocycles. The van der Waals surface area contributed by atoms with Crippen molar-refractivity contribution < 1.29 is 4.79 Å². The first kappa shape index (κ1) is 15.0. The van der Waals surface area contributed by atoms with Crippen LogP contribution in [0.25, 0.3) is 0 Å². The lowest BCUT2D eigenvalue weighted by molar-refractivity contribution is -0.123. The molecule has 0 radical (unpaired) electrons. The summed E-state index contributed by atoms with van der Waals surface area (Å²) in [6.07, 6.45) is 4.73. The molecule has 1 amide bonds. The van der Waals surface area contributed by atoms with Gasteiger partial charge >= 0.3 is 0 Å². The SMILES string of the molecule is NCCN(CC(=O)NC1CCCC1)Cc1ccccc1. The molecular weight excluding hydrogens is 250 g/mol. The summed E-state index contributed by atoms with van der Waals surface area (Å²) in [5.74, 6) is 0.126. The Balaban J connectivity index is 1.83. The van der Waals surface area contributed by atoms with Crippen LogP contribution in [-0.2, 0) is 11.3 Å². The largest absolute Gasteiger partial charge is 0.352 e. The van der Waals surface area contributed by atoms with Gasteiger partial charge in [-0.3, -0.25) is 9.69 Å². The van der Waals surface area contributed by atoms with E-state index < -0.39 is 0 Å². The van der Waals surface area contributed by atoms with Gasteiger partial charge in [-0.25, -0.2) is 0 Å². The molecule has 0 spiro atoms. The molecule has 0 bridgehead atoms. The summed E-state index contributed by atoms with van der Waals surface area (Å²) in [4.78, 5) is 14.2. The Hall–Kier alpha value is -1.39. The zero-order valence-corrected chi connectivity index (χ0v) is 12.1. The van der Waals surface area contributed by atoms with Crippen molar-refractivity contribution >= 4 is 5.91 Å². The highest BCUT2D eigenvalue weighted by Crippen LogP contribution is 2.17. The third-order valence-corrected chi connectivity index (χ3v) is 3.78. The number of nitrogens with zero attached hydrogens (tertiary/aromatic N) is 1. The van der Waals surface area contributed by atoms with E-state index in [2.05, 4.69) is 22.3 Å². The average molecular weight is 275 g/mol. The number of hydrogen-bond acceptors (Lipinski definition) is 3. The molecule has 0 saturated heterocycles. The van der Waals surface area contributed by atoms with Gasteiger partial charge in [0.2, 0.25) is 5.91 Å². The van der Waals surface area contributed by atoms with E-state index in [1.165, 1.54) is 18.4 Å². The van der Waals surface area contributed by atoms with Crippen molar-refractivity contribution in [2.75, 3.05) is 19.6 Å². The second kappa shape index (κ2) is 8.02. The molecule has 1 fully saturated rings. The third-order valence-electron chi connectivity index (χ3n) is 3.78. The van der Waals surface area contributed by atoms with Gasteiger partial charge in [0, 0.05) is 25.7 Å².